The third kappa shape index (κ3) is 1.88. The molecule has 76 valence electrons. The molecular formula is C7H6NO5S-. The number of benzene rings is 1. The van der Waals surface area contributed by atoms with Gasteiger partial charge >= 0.3 is 0 Å². The van der Waals surface area contributed by atoms with Gasteiger partial charge in [-0.1, -0.05) is 12.1 Å². The van der Waals surface area contributed by atoms with E-state index < -0.39 is 25.6 Å². The predicted molar refractivity (Wildman–Crippen MR) is 45.8 cm³/mol. The fourth-order valence-corrected chi connectivity index (χ4v) is 1.79. The number of nitro benzene ring substituents is 1. The highest BCUT2D eigenvalue weighted by molar-refractivity contribution is 7.85. The van der Waals surface area contributed by atoms with Crippen molar-refractivity contribution in [1.82, 2.24) is 0 Å². The average Bonchev–Trinajstić information content (AvgIpc) is 2.01. The van der Waals surface area contributed by atoms with Gasteiger partial charge in [0, 0.05) is 5.56 Å². The zero-order valence-corrected chi connectivity index (χ0v) is 7.95. The van der Waals surface area contributed by atoms with E-state index in [2.05, 4.69) is 0 Å². The highest BCUT2D eigenvalue weighted by Crippen LogP contribution is 2.26. The van der Waals surface area contributed by atoms with Crippen molar-refractivity contribution >= 4 is 15.8 Å². The molecule has 0 radical (unpaired) electrons. The molecule has 1 rings (SSSR count). The van der Waals surface area contributed by atoms with Gasteiger partial charge in [-0.15, -0.1) is 0 Å². The molecule has 0 aliphatic carbocycles. The van der Waals surface area contributed by atoms with Crippen LogP contribution < -0.4 is 0 Å². The Morgan fingerprint density at radius 3 is 2.29 bits per heavy atom. The maximum Gasteiger partial charge on any atom is 0.289 e. The van der Waals surface area contributed by atoms with Gasteiger partial charge in [-0.25, -0.2) is 8.42 Å². The first kappa shape index (κ1) is 10.6. The molecule has 0 spiro atoms. The summed E-state index contributed by atoms with van der Waals surface area (Å²) in [4.78, 5) is 8.83. The smallest absolute Gasteiger partial charge is 0.289 e. The normalized spacial score (nSPS) is 11.3. The van der Waals surface area contributed by atoms with Crippen molar-refractivity contribution in [2.45, 2.75) is 11.8 Å². The summed E-state index contributed by atoms with van der Waals surface area (Å²) in [7, 11) is -4.79. The zero-order valence-electron chi connectivity index (χ0n) is 7.13. The molecule has 0 atom stereocenters. The van der Waals surface area contributed by atoms with E-state index >= 15 is 0 Å². The predicted octanol–water partition coefficient (Wildman–Crippen LogP) is 0.807. The Hall–Kier alpha value is -1.47. The Kier molecular flexibility index (Phi) is 2.54. The molecular weight excluding hydrogens is 210 g/mol. The third-order valence-electron chi connectivity index (χ3n) is 1.65. The Bertz CT molecular complexity index is 479. The molecule has 0 aliphatic rings. The Morgan fingerprint density at radius 1 is 1.36 bits per heavy atom. The SMILES string of the molecule is Cc1cccc(S(=O)(=O)[O-])c1[N+](=O)[O-]. The van der Waals surface area contributed by atoms with Crippen LogP contribution in [0.25, 0.3) is 0 Å². The molecule has 0 aromatic heterocycles. The van der Waals surface area contributed by atoms with Crippen molar-refractivity contribution in [2.24, 2.45) is 0 Å². The number of rotatable bonds is 2. The highest BCUT2D eigenvalue weighted by Gasteiger charge is 2.20. The van der Waals surface area contributed by atoms with Crippen LogP contribution in [0.5, 0.6) is 0 Å². The van der Waals surface area contributed by atoms with E-state index in [1.54, 1.807) is 0 Å². The summed E-state index contributed by atoms with van der Waals surface area (Å²) >= 11 is 0. The molecule has 0 unspecified atom stereocenters. The van der Waals surface area contributed by atoms with E-state index in [9.17, 15) is 23.1 Å². The summed E-state index contributed by atoms with van der Waals surface area (Å²) in [5.41, 5.74) is -0.505. The lowest BCUT2D eigenvalue weighted by atomic mass is 10.2. The van der Waals surface area contributed by atoms with E-state index in [0.717, 1.165) is 6.07 Å². The number of nitro groups is 1. The largest absolute Gasteiger partial charge is 0.744 e. The van der Waals surface area contributed by atoms with Crippen LogP contribution in [-0.2, 0) is 10.1 Å². The van der Waals surface area contributed by atoms with Crippen LogP contribution in [0.1, 0.15) is 5.56 Å². The van der Waals surface area contributed by atoms with Gasteiger partial charge in [0.1, 0.15) is 15.0 Å². The van der Waals surface area contributed by atoms with Crippen molar-refractivity contribution in [2.75, 3.05) is 0 Å². The van der Waals surface area contributed by atoms with Crippen molar-refractivity contribution in [3.8, 4) is 0 Å². The van der Waals surface area contributed by atoms with E-state index in [1.807, 2.05) is 0 Å². The summed E-state index contributed by atoms with van der Waals surface area (Å²) in [5, 5.41) is 10.5. The Balaban J connectivity index is 3.61. The maximum atomic E-state index is 10.7. The number of para-hydroxylation sites is 1. The van der Waals surface area contributed by atoms with Gasteiger partial charge in [-0.05, 0) is 13.0 Å². The van der Waals surface area contributed by atoms with E-state index in [-0.39, 0.29) is 5.56 Å². The van der Waals surface area contributed by atoms with Crippen LogP contribution >= 0.6 is 0 Å². The van der Waals surface area contributed by atoms with Crippen LogP contribution in [0, 0.1) is 17.0 Å². The van der Waals surface area contributed by atoms with E-state index in [1.165, 1.54) is 19.1 Å². The minimum atomic E-state index is -4.79. The van der Waals surface area contributed by atoms with Gasteiger partial charge < -0.3 is 4.55 Å². The van der Waals surface area contributed by atoms with Gasteiger partial charge in [-0.3, -0.25) is 10.1 Å². The summed E-state index contributed by atoms with van der Waals surface area (Å²) in [5.74, 6) is 0. The van der Waals surface area contributed by atoms with E-state index in [0.29, 0.717) is 0 Å². The monoisotopic (exact) mass is 216 g/mol. The minimum absolute atomic E-state index is 0.145. The molecule has 7 heteroatoms. The standard InChI is InChI=1S/C7H7NO5S/c1-5-3-2-4-6(14(11,12)13)7(5)8(9)10/h2-4H,1H3,(H,11,12,13)/p-1. The highest BCUT2D eigenvalue weighted by atomic mass is 32.2. The molecule has 14 heavy (non-hydrogen) atoms. The minimum Gasteiger partial charge on any atom is -0.744 e. The third-order valence-corrected chi connectivity index (χ3v) is 2.52. The molecule has 0 aliphatic heterocycles. The molecule has 1 aromatic carbocycles. The maximum absolute atomic E-state index is 10.7. The quantitative estimate of drug-likeness (QED) is 0.413. The molecule has 6 nitrogen and oxygen atoms in total. The molecule has 0 N–H and O–H groups in total. The van der Waals surface area contributed by atoms with Crippen molar-refractivity contribution in [1.29, 1.82) is 0 Å². The summed E-state index contributed by atoms with van der Waals surface area (Å²) in [6, 6.07) is 3.58. The zero-order chi connectivity index (χ0) is 10.9. The number of nitrogens with zero attached hydrogens (tertiary/aromatic N) is 1. The first-order valence-electron chi connectivity index (χ1n) is 3.54. The Labute approximate surface area is 80.1 Å². The average molecular weight is 216 g/mol. The van der Waals surface area contributed by atoms with Crippen LogP contribution in [0.3, 0.4) is 0 Å². The fraction of sp³-hybridized carbons (Fsp3) is 0.143. The fourth-order valence-electron chi connectivity index (χ4n) is 1.07. The van der Waals surface area contributed by atoms with Crippen LogP contribution in [0.4, 0.5) is 5.69 Å². The molecule has 0 heterocycles. The second-order valence-electron chi connectivity index (χ2n) is 2.63. The Morgan fingerprint density at radius 2 is 1.93 bits per heavy atom. The summed E-state index contributed by atoms with van der Waals surface area (Å²) in [6.45, 7) is 1.37. The van der Waals surface area contributed by atoms with Crippen LogP contribution in [0.2, 0.25) is 0 Å². The number of hydrogen-bond acceptors (Lipinski definition) is 5. The second kappa shape index (κ2) is 3.35. The van der Waals surface area contributed by atoms with Crippen molar-refractivity contribution in [3.63, 3.8) is 0 Å². The lowest BCUT2D eigenvalue weighted by molar-refractivity contribution is -0.388. The molecule has 0 fully saturated rings. The van der Waals surface area contributed by atoms with Gasteiger partial charge in [0.05, 0.1) is 4.92 Å². The van der Waals surface area contributed by atoms with Gasteiger partial charge in [-0.2, -0.15) is 0 Å². The first-order valence-corrected chi connectivity index (χ1v) is 4.95. The molecule has 0 saturated heterocycles. The molecule has 1 aromatic rings. The van der Waals surface area contributed by atoms with Gasteiger partial charge in [0.15, 0.2) is 0 Å². The summed E-state index contributed by atoms with van der Waals surface area (Å²) in [6.07, 6.45) is 0. The van der Waals surface area contributed by atoms with Gasteiger partial charge in [0.25, 0.3) is 5.69 Å². The summed E-state index contributed by atoms with van der Waals surface area (Å²) < 4.78 is 32.0. The number of hydrogen-bond donors (Lipinski definition) is 0. The lowest BCUT2D eigenvalue weighted by Gasteiger charge is -2.08. The van der Waals surface area contributed by atoms with Crippen molar-refractivity contribution in [3.05, 3.63) is 33.9 Å². The van der Waals surface area contributed by atoms with E-state index in [4.69, 9.17) is 0 Å². The lowest BCUT2D eigenvalue weighted by Crippen LogP contribution is -2.04. The van der Waals surface area contributed by atoms with Crippen LogP contribution in [0.15, 0.2) is 23.1 Å². The first-order chi connectivity index (χ1) is 6.34. The molecule has 0 saturated carbocycles. The topological polar surface area (TPSA) is 100 Å². The van der Waals surface area contributed by atoms with Crippen molar-refractivity contribution < 1.29 is 17.9 Å². The van der Waals surface area contributed by atoms with Crippen LogP contribution in [-0.4, -0.2) is 17.9 Å². The molecule has 0 bridgehead atoms. The number of aryl methyl sites for hydroxylation is 1. The van der Waals surface area contributed by atoms with Gasteiger partial charge in [0.2, 0.25) is 0 Å². The second-order valence-corrected chi connectivity index (χ2v) is 3.98. The molecule has 0 amide bonds.